The highest BCUT2D eigenvalue weighted by Crippen LogP contribution is 2.67. The fourth-order valence-electron chi connectivity index (χ4n) is 16.3. The number of unbranched alkanes of at least 4 members (excludes halogenated alkanes) is 25. The molecule has 0 saturated heterocycles. The number of phenolic OH excluding ortho intramolecular Hbond substituents is 1. The summed E-state index contributed by atoms with van der Waals surface area (Å²) in [6.45, 7) is 21.5. The lowest BCUT2D eigenvalue weighted by molar-refractivity contribution is -0.151. The standard InChI is InChI=1S/C79H130N2O8/c1-9-12-15-18-21-24-29-35-53-86-73-56-64(57-74(87-54-36-30-25-22-19-16-13-10-2)76(73)88-55-37-31-26-23-20-17-14-11-3)77(84)81-80-60-63-42-44-66(59-72(63)82)85-52-34-32-27-28-33-41-75(83)89-67-48-50-78(7)65(58-67)43-45-68-70-47-46-69(62(6)40-38-39-61(4)5)79(70,8)51-49-71(68)78/h42-44,56-57,59-62,67-71,82H,9-41,45-55,58H2,1-8H3,(H,81,84)/b80-60+/t62-,67+,68+,69-,70+,71+,78+,79-/m1/s1. The average molecular weight is 1240 g/mol. The number of fused-ring (bicyclic) bond motifs is 5. The molecular formula is C79H130N2O8. The second kappa shape index (κ2) is 41.4. The molecular weight excluding hydrogens is 1100 g/mol. The van der Waals surface area contributed by atoms with Gasteiger partial charge in [-0.2, -0.15) is 5.10 Å². The van der Waals surface area contributed by atoms with Gasteiger partial charge < -0.3 is 28.8 Å². The largest absolute Gasteiger partial charge is 0.507 e. The van der Waals surface area contributed by atoms with E-state index in [2.05, 4.69) is 72.0 Å². The van der Waals surface area contributed by atoms with Crippen molar-refractivity contribution in [3.05, 3.63) is 53.1 Å². The number of rotatable bonds is 48. The quantitative estimate of drug-likeness (QED) is 0.0221. The molecule has 10 nitrogen and oxygen atoms in total. The number of hydrogen-bond acceptors (Lipinski definition) is 9. The molecule has 89 heavy (non-hydrogen) atoms. The van der Waals surface area contributed by atoms with Gasteiger partial charge in [0.15, 0.2) is 11.5 Å². The molecule has 6 rings (SSSR count). The van der Waals surface area contributed by atoms with E-state index >= 15 is 0 Å². The molecule has 1 amide bonds. The normalized spacial score (nSPS) is 22.5. The van der Waals surface area contributed by atoms with Gasteiger partial charge in [-0.1, -0.05) is 240 Å². The Morgan fingerprint density at radius 1 is 0.607 bits per heavy atom. The summed E-state index contributed by atoms with van der Waals surface area (Å²) in [5.74, 6) is 6.75. The summed E-state index contributed by atoms with van der Waals surface area (Å²) in [7, 11) is 0. The van der Waals surface area contributed by atoms with Gasteiger partial charge in [-0.15, -0.1) is 0 Å². The monoisotopic (exact) mass is 1230 g/mol. The SMILES string of the molecule is CCCCCCCCCCOc1cc(C(=O)N/N=C/c2ccc(OCCCCCCCC(=O)O[C@H]3CC[C@@]4(C)C(=CC[C@H]5[C@@H]6CC[C@H]([C@H](C)CCCC(C)C)[C@@]6(C)CC[C@@H]54)C3)cc2O)cc(OCCCCCCCCCC)c1OCCCCCCCCCC. The van der Waals surface area contributed by atoms with E-state index < -0.39 is 5.91 Å². The van der Waals surface area contributed by atoms with Crippen LogP contribution in [0.2, 0.25) is 0 Å². The fraction of sp³-hybridized carbons (Fsp3) is 0.785. The smallest absolute Gasteiger partial charge is 0.306 e. The van der Waals surface area contributed by atoms with Gasteiger partial charge in [0.25, 0.3) is 5.91 Å². The minimum atomic E-state index is -0.411. The zero-order chi connectivity index (χ0) is 63.5. The molecule has 0 unspecified atom stereocenters. The minimum Gasteiger partial charge on any atom is -0.507 e. The first-order valence-electron chi connectivity index (χ1n) is 37.6. The van der Waals surface area contributed by atoms with Crippen molar-refractivity contribution in [2.45, 2.75) is 325 Å². The Kier molecular flexibility index (Phi) is 34.3. The lowest BCUT2D eigenvalue weighted by Gasteiger charge is -2.58. The Bertz CT molecular complexity index is 2320. The van der Waals surface area contributed by atoms with E-state index in [0.29, 0.717) is 72.4 Å². The van der Waals surface area contributed by atoms with Crippen molar-refractivity contribution >= 4 is 18.1 Å². The van der Waals surface area contributed by atoms with Crippen LogP contribution in [0, 0.1) is 46.3 Å². The zero-order valence-electron chi connectivity index (χ0n) is 58.2. The first kappa shape index (κ1) is 73.8. The van der Waals surface area contributed by atoms with Gasteiger partial charge in [0.2, 0.25) is 5.75 Å². The second-order valence-corrected chi connectivity index (χ2v) is 29.2. The predicted octanol–water partition coefficient (Wildman–Crippen LogP) is 22.4. The first-order chi connectivity index (χ1) is 43.3. The highest BCUT2D eigenvalue weighted by atomic mass is 16.5. The van der Waals surface area contributed by atoms with Gasteiger partial charge in [0.1, 0.15) is 17.6 Å². The maximum atomic E-state index is 13.9. The molecule has 504 valence electrons. The number of nitrogens with zero attached hydrogens (tertiary/aromatic N) is 1. The highest BCUT2D eigenvalue weighted by Gasteiger charge is 2.59. The molecule has 10 heteroatoms. The number of nitrogens with one attached hydrogen (secondary N) is 1. The molecule has 4 aliphatic rings. The molecule has 2 aromatic carbocycles. The molecule has 0 aromatic heterocycles. The predicted molar refractivity (Wildman–Crippen MR) is 370 cm³/mol. The molecule has 4 aliphatic carbocycles. The minimum absolute atomic E-state index is 0.0107. The van der Waals surface area contributed by atoms with Crippen LogP contribution in [0.3, 0.4) is 0 Å². The number of carbonyl (C=O) groups is 2. The summed E-state index contributed by atoms with van der Waals surface area (Å²) in [6.07, 6.45) is 52.3. The Hall–Kier alpha value is -4.21. The summed E-state index contributed by atoms with van der Waals surface area (Å²) < 4.78 is 31.7. The number of phenols is 1. The maximum absolute atomic E-state index is 13.9. The van der Waals surface area contributed by atoms with Crippen LogP contribution in [-0.4, -0.2) is 55.7 Å². The summed E-state index contributed by atoms with van der Waals surface area (Å²) >= 11 is 0. The van der Waals surface area contributed by atoms with Crippen molar-refractivity contribution in [1.82, 2.24) is 5.43 Å². The van der Waals surface area contributed by atoms with Crippen LogP contribution in [0.4, 0.5) is 0 Å². The number of allylic oxidation sites excluding steroid dienone is 1. The average Bonchev–Trinajstić information content (AvgIpc) is 1.72. The molecule has 3 fully saturated rings. The van der Waals surface area contributed by atoms with Crippen molar-refractivity contribution in [2.24, 2.45) is 51.4 Å². The Labute approximate surface area is 543 Å². The van der Waals surface area contributed by atoms with Gasteiger partial charge in [-0.05, 0) is 148 Å². The third kappa shape index (κ3) is 24.7. The lowest BCUT2D eigenvalue weighted by atomic mass is 9.47. The Morgan fingerprint density at radius 3 is 1.71 bits per heavy atom. The maximum Gasteiger partial charge on any atom is 0.306 e. The number of amides is 1. The number of benzene rings is 2. The number of hydrazone groups is 1. The lowest BCUT2D eigenvalue weighted by Crippen LogP contribution is -2.51. The van der Waals surface area contributed by atoms with Crippen LogP contribution in [0.15, 0.2) is 47.1 Å². The van der Waals surface area contributed by atoms with E-state index in [1.807, 2.05) is 6.07 Å². The van der Waals surface area contributed by atoms with Crippen molar-refractivity contribution in [3.63, 3.8) is 0 Å². The van der Waals surface area contributed by atoms with Crippen LogP contribution >= 0.6 is 0 Å². The third-order valence-electron chi connectivity index (χ3n) is 21.8. The van der Waals surface area contributed by atoms with Crippen LogP contribution in [-0.2, 0) is 9.53 Å². The Morgan fingerprint density at radius 2 is 1.15 bits per heavy atom. The summed E-state index contributed by atoms with van der Waals surface area (Å²) in [5, 5.41) is 15.2. The van der Waals surface area contributed by atoms with Crippen molar-refractivity contribution < 1.29 is 38.4 Å². The van der Waals surface area contributed by atoms with Gasteiger partial charge in [0.05, 0.1) is 32.6 Å². The molecule has 0 heterocycles. The van der Waals surface area contributed by atoms with E-state index in [1.54, 1.807) is 29.8 Å². The molecule has 8 atom stereocenters. The zero-order valence-corrected chi connectivity index (χ0v) is 58.2. The number of esters is 1. The van der Waals surface area contributed by atoms with Crippen molar-refractivity contribution in [1.29, 1.82) is 0 Å². The van der Waals surface area contributed by atoms with Crippen molar-refractivity contribution in [2.75, 3.05) is 26.4 Å². The van der Waals surface area contributed by atoms with Crippen LogP contribution in [0.1, 0.15) is 335 Å². The first-order valence-corrected chi connectivity index (χ1v) is 37.6. The Balaban J connectivity index is 0.918. The van der Waals surface area contributed by atoms with Crippen LogP contribution in [0.5, 0.6) is 28.7 Å². The topological polar surface area (TPSA) is 125 Å². The highest BCUT2D eigenvalue weighted by molar-refractivity contribution is 5.96. The molecule has 0 bridgehead atoms. The molecule has 0 aliphatic heterocycles. The van der Waals surface area contributed by atoms with Gasteiger partial charge >= 0.3 is 5.97 Å². The van der Waals surface area contributed by atoms with E-state index in [-0.39, 0.29) is 23.2 Å². The number of ether oxygens (including phenoxy) is 5. The molecule has 2 aromatic rings. The van der Waals surface area contributed by atoms with Gasteiger partial charge in [0, 0.05) is 30.0 Å². The molecule has 0 spiro atoms. The summed E-state index contributed by atoms with van der Waals surface area (Å²) in [6, 6.07) is 8.67. The summed E-state index contributed by atoms with van der Waals surface area (Å²) in [4.78, 5) is 27.0. The summed E-state index contributed by atoms with van der Waals surface area (Å²) in [5.41, 5.74) is 5.86. The molecule has 0 radical (unpaired) electrons. The number of aromatic hydroxyl groups is 1. The number of hydrogen-bond donors (Lipinski definition) is 2. The van der Waals surface area contributed by atoms with E-state index in [9.17, 15) is 14.7 Å². The van der Waals surface area contributed by atoms with E-state index in [0.717, 1.165) is 125 Å². The van der Waals surface area contributed by atoms with Crippen LogP contribution in [0.25, 0.3) is 0 Å². The van der Waals surface area contributed by atoms with Crippen molar-refractivity contribution in [3.8, 4) is 28.7 Å². The van der Waals surface area contributed by atoms with Crippen LogP contribution < -0.4 is 24.4 Å². The molecule has 3 saturated carbocycles. The van der Waals surface area contributed by atoms with Gasteiger partial charge in [-0.25, -0.2) is 5.43 Å². The third-order valence-corrected chi connectivity index (χ3v) is 21.8. The fourth-order valence-corrected chi connectivity index (χ4v) is 16.3. The van der Waals surface area contributed by atoms with E-state index in [4.69, 9.17) is 23.7 Å². The second-order valence-electron chi connectivity index (χ2n) is 29.2. The number of carbonyl (C=O) groups excluding carboxylic acids is 2. The molecule has 2 N–H and O–H groups in total. The van der Waals surface area contributed by atoms with E-state index in [1.165, 1.54) is 173 Å². The van der Waals surface area contributed by atoms with Gasteiger partial charge in [-0.3, -0.25) is 9.59 Å².